The molecule has 2 N–H and O–H groups in total. The molecule has 0 fully saturated rings. The molecular weight excluding hydrogens is 122 g/mol. The molecule has 0 amide bonds. The predicted molar refractivity (Wildman–Crippen MR) is 37.2 cm³/mol. The zero-order valence-electron chi connectivity index (χ0n) is 4.93. The van der Waals surface area contributed by atoms with E-state index in [0.717, 1.165) is 0 Å². The lowest BCUT2D eigenvalue weighted by Crippen LogP contribution is -1.59. The molecule has 0 aromatic carbocycles. The molecular formula is C4H11N3S. The molecule has 0 unspecified atom stereocenters. The molecule has 4 heteroatoms. The Labute approximate surface area is 54.6 Å². The SMILES string of the molecule is CC.S=c1nc[nH][nH]1.[HH]. The molecule has 0 saturated carbocycles. The Morgan fingerprint density at radius 2 is 2.38 bits per heavy atom. The molecule has 1 rings (SSSR count). The van der Waals surface area contributed by atoms with Gasteiger partial charge < -0.3 is 0 Å². The Balaban J connectivity index is 0. The number of nitrogens with zero attached hydrogens (tertiary/aromatic N) is 1. The largest absolute Gasteiger partial charge is 0.288 e. The van der Waals surface area contributed by atoms with Gasteiger partial charge in [-0.2, -0.15) is 0 Å². The molecule has 0 radical (unpaired) electrons. The molecule has 0 bridgehead atoms. The van der Waals surface area contributed by atoms with E-state index in [9.17, 15) is 0 Å². The van der Waals surface area contributed by atoms with E-state index < -0.39 is 0 Å². The summed E-state index contributed by atoms with van der Waals surface area (Å²) in [5.41, 5.74) is 0. The van der Waals surface area contributed by atoms with Gasteiger partial charge in [-0.15, -0.1) is 0 Å². The van der Waals surface area contributed by atoms with E-state index in [1.807, 2.05) is 13.8 Å². The number of H-pyrrole nitrogens is 2. The van der Waals surface area contributed by atoms with E-state index in [1.165, 1.54) is 6.33 Å². The normalized spacial score (nSPS) is 7.25. The van der Waals surface area contributed by atoms with Gasteiger partial charge in [-0.1, -0.05) is 13.8 Å². The van der Waals surface area contributed by atoms with Crippen molar-refractivity contribution in [3.63, 3.8) is 0 Å². The highest BCUT2D eigenvalue weighted by atomic mass is 32.1. The van der Waals surface area contributed by atoms with Crippen LogP contribution >= 0.6 is 12.2 Å². The Morgan fingerprint density at radius 1 is 1.75 bits per heavy atom. The van der Waals surface area contributed by atoms with Crippen molar-refractivity contribution in [1.29, 1.82) is 0 Å². The smallest absolute Gasteiger partial charge is 0.213 e. The summed E-state index contributed by atoms with van der Waals surface area (Å²) in [6.45, 7) is 4.00. The van der Waals surface area contributed by atoms with Gasteiger partial charge in [0.15, 0.2) is 0 Å². The van der Waals surface area contributed by atoms with Crippen LogP contribution in [-0.4, -0.2) is 15.2 Å². The summed E-state index contributed by atoms with van der Waals surface area (Å²) < 4.78 is 0.495. The molecule has 1 aromatic rings. The molecule has 3 nitrogen and oxygen atoms in total. The molecule has 0 atom stereocenters. The van der Waals surface area contributed by atoms with Gasteiger partial charge in [0.1, 0.15) is 6.33 Å². The molecule has 0 aliphatic carbocycles. The minimum absolute atomic E-state index is 0. The predicted octanol–water partition coefficient (Wildman–Crippen LogP) is 1.74. The molecule has 0 aliphatic heterocycles. The highest BCUT2D eigenvalue weighted by Crippen LogP contribution is 1.66. The fourth-order valence-corrected chi connectivity index (χ4v) is 0.329. The first-order valence-electron chi connectivity index (χ1n) is 2.47. The average Bonchev–Trinajstić information content (AvgIpc) is 2.24. The van der Waals surface area contributed by atoms with Gasteiger partial charge in [0, 0.05) is 1.43 Å². The second kappa shape index (κ2) is 4.52. The fraction of sp³-hybridized carbons (Fsp3) is 0.500. The number of aromatic amines is 2. The van der Waals surface area contributed by atoms with Crippen molar-refractivity contribution in [1.82, 2.24) is 15.2 Å². The van der Waals surface area contributed by atoms with Crippen LogP contribution in [0.15, 0.2) is 6.33 Å². The van der Waals surface area contributed by atoms with Crippen LogP contribution in [0.5, 0.6) is 0 Å². The maximum absolute atomic E-state index is 4.55. The van der Waals surface area contributed by atoms with Crippen molar-refractivity contribution >= 4 is 12.2 Å². The highest BCUT2D eigenvalue weighted by Gasteiger charge is 1.66. The van der Waals surface area contributed by atoms with Gasteiger partial charge >= 0.3 is 0 Å². The van der Waals surface area contributed by atoms with Crippen LogP contribution in [-0.2, 0) is 0 Å². The van der Waals surface area contributed by atoms with Crippen LogP contribution in [0.25, 0.3) is 0 Å². The first-order valence-corrected chi connectivity index (χ1v) is 2.88. The van der Waals surface area contributed by atoms with Crippen LogP contribution in [0.1, 0.15) is 15.3 Å². The average molecular weight is 133 g/mol. The molecule has 0 aliphatic rings. The van der Waals surface area contributed by atoms with Gasteiger partial charge in [-0.3, -0.25) is 10.2 Å². The summed E-state index contributed by atoms with van der Waals surface area (Å²) >= 11 is 4.55. The van der Waals surface area contributed by atoms with Crippen molar-refractivity contribution in [2.45, 2.75) is 13.8 Å². The number of nitrogens with one attached hydrogen (secondary N) is 2. The van der Waals surface area contributed by atoms with E-state index in [4.69, 9.17) is 0 Å². The minimum Gasteiger partial charge on any atom is -0.288 e. The topological polar surface area (TPSA) is 44.5 Å². The maximum atomic E-state index is 4.55. The van der Waals surface area contributed by atoms with Crippen LogP contribution < -0.4 is 0 Å². The lowest BCUT2D eigenvalue weighted by Gasteiger charge is -1.54. The summed E-state index contributed by atoms with van der Waals surface area (Å²) in [6, 6.07) is 0. The molecule has 1 aromatic heterocycles. The second-order valence-electron chi connectivity index (χ2n) is 0.833. The maximum Gasteiger partial charge on any atom is 0.213 e. The van der Waals surface area contributed by atoms with Crippen molar-refractivity contribution in [3.05, 3.63) is 11.1 Å². The van der Waals surface area contributed by atoms with Crippen molar-refractivity contribution < 1.29 is 1.43 Å². The number of hydrogen-bond acceptors (Lipinski definition) is 2. The van der Waals surface area contributed by atoms with Gasteiger partial charge in [0.25, 0.3) is 0 Å². The fourth-order valence-electron chi connectivity index (χ4n) is 0.217. The third-order valence-corrected chi connectivity index (χ3v) is 0.633. The lowest BCUT2D eigenvalue weighted by molar-refractivity contribution is 1.08. The molecule has 8 heavy (non-hydrogen) atoms. The van der Waals surface area contributed by atoms with Gasteiger partial charge in [0.2, 0.25) is 4.77 Å². The van der Waals surface area contributed by atoms with E-state index in [0.29, 0.717) is 4.77 Å². The number of aromatic nitrogens is 3. The first-order chi connectivity index (χ1) is 3.89. The van der Waals surface area contributed by atoms with Crippen molar-refractivity contribution in [2.75, 3.05) is 0 Å². The monoisotopic (exact) mass is 133 g/mol. The molecule has 0 spiro atoms. The summed E-state index contributed by atoms with van der Waals surface area (Å²) in [5.74, 6) is 0. The Kier molecular flexibility index (Phi) is 4.16. The highest BCUT2D eigenvalue weighted by molar-refractivity contribution is 7.71. The molecule has 48 valence electrons. The third kappa shape index (κ3) is 2.52. The Bertz CT molecular complexity index is 154. The standard InChI is InChI=1S/C2H3N3S.C2H6.H2/c6-2-3-1-4-5-2;1-2;/h1H,(H2,3,4,5,6);1-2H3;1H. The second-order valence-corrected chi connectivity index (χ2v) is 1.22. The third-order valence-electron chi connectivity index (χ3n) is 0.425. The van der Waals surface area contributed by atoms with Gasteiger partial charge in [-0.25, -0.2) is 4.98 Å². The zero-order chi connectivity index (χ0) is 6.41. The van der Waals surface area contributed by atoms with Crippen LogP contribution in [0.2, 0.25) is 0 Å². The van der Waals surface area contributed by atoms with Crippen LogP contribution in [0.4, 0.5) is 0 Å². The van der Waals surface area contributed by atoms with Crippen LogP contribution in [0.3, 0.4) is 0 Å². The Morgan fingerprint density at radius 3 is 2.50 bits per heavy atom. The zero-order valence-corrected chi connectivity index (χ0v) is 5.75. The van der Waals surface area contributed by atoms with Crippen molar-refractivity contribution in [2.24, 2.45) is 0 Å². The van der Waals surface area contributed by atoms with E-state index in [-0.39, 0.29) is 1.43 Å². The number of rotatable bonds is 0. The quantitative estimate of drug-likeness (QED) is 0.529. The summed E-state index contributed by atoms with van der Waals surface area (Å²) in [7, 11) is 0. The summed E-state index contributed by atoms with van der Waals surface area (Å²) in [6.07, 6.45) is 1.50. The van der Waals surface area contributed by atoms with E-state index in [1.54, 1.807) is 0 Å². The van der Waals surface area contributed by atoms with Gasteiger partial charge in [0.05, 0.1) is 0 Å². The Hall–Kier alpha value is -0.640. The van der Waals surface area contributed by atoms with Crippen molar-refractivity contribution in [3.8, 4) is 0 Å². The summed E-state index contributed by atoms with van der Waals surface area (Å²) in [4.78, 5) is 3.62. The molecule has 0 saturated heterocycles. The number of hydrogen-bond donors (Lipinski definition) is 2. The lowest BCUT2D eigenvalue weighted by atomic mass is 11.0. The minimum atomic E-state index is 0. The van der Waals surface area contributed by atoms with E-state index >= 15 is 0 Å². The first kappa shape index (κ1) is 7.36. The summed E-state index contributed by atoms with van der Waals surface area (Å²) in [5, 5.41) is 5.17. The van der Waals surface area contributed by atoms with Gasteiger partial charge in [-0.05, 0) is 12.2 Å². The van der Waals surface area contributed by atoms with E-state index in [2.05, 4.69) is 27.4 Å². The molecule has 1 heterocycles. The van der Waals surface area contributed by atoms with Crippen LogP contribution in [0, 0.1) is 4.77 Å².